The number of hydrogen-bond acceptors (Lipinski definition) is 18. The highest BCUT2D eigenvalue weighted by Gasteiger charge is 2.54. The zero-order chi connectivity index (χ0) is 73.2. The zero-order valence-electron chi connectivity index (χ0n) is 62.6. The molecule has 0 saturated carbocycles. The number of allylic oxidation sites excluding steroid dienone is 13. The molecule has 101 heavy (non-hydrogen) atoms. The first-order chi connectivity index (χ1) is 49.3. The van der Waals surface area contributed by atoms with Gasteiger partial charge in [0.25, 0.3) is 0 Å². The van der Waals surface area contributed by atoms with Crippen LogP contribution in [0.3, 0.4) is 0 Å². The minimum absolute atomic E-state index is 0.241. The Hall–Kier alpha value is -3.03. The number of hydrogen-bond donors (Lipinski definition) is 12. The Morgan fingerprint density at radius 1 is 0.366 bits per heavy atom. The summed E-state index contributed by atoms with van der Waals surface area (Å²) in [5, 5.41) is 121. The summed E-state index contributed by atoms with van der Waals surface area (Å²) < 4.78 is 34.5. The van der Waals surface area contributed by atoms with Gasteiger partial charge in [-0.3, -0.25) is 4.79 Å². The topological polar surface area (TPSA) is 307 Å². The van der Waals surface area contributed by atoms with Crippen molar-refractivity contribution in [2.75, 3.05) is 26.4 Å². The van der Waals surface area contributed by atoms with Gasteiger partial charge in [0.05, 0.1) is 38.6 Å². The van der Waals surface area contributed by atoms with E-state index in [9.17, 15) is 61.0 Å². The Morgan fingerprint density at radius 3 is 1.07 bits per heavy atom. The molecule has 3 saturated heterocycles. The molecule has 19 nitrogen and oxygen atoms in total. The van der Waals surface area contributed by atoms with Gasteiger partial charge in [0.2, 0.25) is 5.91 Å². The molecule has 586 valence electrons. The van der Waals surface area contributed by atoms with Crippen LogP contribution in [0, 0.1) is 0 Å². The molecule has 0 aromatic heterocycles. The van der Waals surface area contributed by atoms with Crippen molar-refractivity contribution < 1.29 is 89.4 Å². The van der Waals surface area contributed by atoms with Gasteiger partial charge in [-0.25, -0.2) is 0 Å². The first-order valence-corrected chi connectivity index (χ1v) is 40.3. The molecule has 3 aliphatic heterocycles. The van der Waals surface area contributed by atoms with Gasteiger partial charge in [0.1, 0.15) is 73.2 Å². The summed E-state index contributed by atoms with van der Waals surface area (Å²) >= 11 is 0. The minimum atomic E-state index is -1.98. The quantitative estimate of drug-likeness (QED) is 0.0199. The molecule has 0 bridgehead atoms. The third-order valence-electron chi connectivity index (χ3n) is 19.7. The lowest BCUT2D eigenvalue weighted by atomic mass is 9.96. The van der Waals surface area contributed by atoms with Gasteiger partial charge < -0.3 is 89.9 Å². The molecule has 3 aliphatic rings. The average Bonchev–Trinajstić information content (AvgIpc) is 0.782. The first kappa shape index (κ1) is 92.2. The summed E-state index contributed by atoms with van der Waals surface area (Å²) in [7, 11) is 0. The number of unbranched alkanes of at least 4 members (excludes halogenated alkanes) is 35. The predicted molar refractivity (Wildman–Crippen MR) is 401 cm³/mol. The van der Waals surface area contributed by atoms with Crippen LogP contribution in [0.5, 0.6) is 0 Å². The van der Waals surface area contributed by atoms with E-state index in [1.807, 2.05) is 6.08 Å². The van der Waals surface area contributed by atoms with Crippen LogP contribution < -0.4 is 5.32 Å². The molecule has 0 aromatic rings. The van der Waals surface area contributed by atoms with Gasteiger partial charge in [0.15, 0.2) is 18.9 Å². The molecular formula is C82H145NO18. The second kappa shape index (κ2) is 62.1. The lowest BCUT2D eigenvalue weighted by molar-refractivity contribution is -0.379. The van der Waals surface area contributed by atoms with E-state index >= 15 is 0 Å². The zero-order valence-corrected chi connectivity index (χ0v) is 62.6. The van der Waals surface area contributed by atoms with Crippen LogP contribution in [0.2, 0.25) is 0 Å². The maximum absolute atomic E-state index is 13.5. The Kier molecular flexibility index (Phi) is 56.6. The van der Waals surface area contributed by atoms with Crippen molar-refractivity contribution in [3.63, 3.8) is 0 Å². The normalized spacial score (nSPS) is 26.8. The van der Waals surface area contributed by atoms with E-state index in [2.05, 4.69) is 92.1 Å². The summed E-state index contributed by atoms with van der Waals surface area (Å²) in [6, 6.07) is -0.977. The van der Waals surface area contributed by atoms with Gasteiger partial charge in [-0.15, -0.1) is 0 Å². The number of aliphatic hydroxyl groups excluding tert-OH is 11. The molecule has 3 fully saturated rings. The van der Waals surface area contributed by atoms with E-state index in [1.165, 1.54) is 186 Å². The van der Waals surface area contributed by atoms with Crippen molar-refractivity contribution in [2.24, 2.45) is 0 Å². The second-order valence-electron chi connectivity index (χ2n) is 28.5. The summed E-state index contributed by atoms with van der Waals surface area (Å²) in [5.41, 5.74) is 0. The molecule has 19 heteroatoms. The fraction of sp³-hybridized carbons (Fsp3) is 0.817. The van der Waals surface area contributed by atoms with Gasteiger partial charge in [-0.05, 0) is 70.6 Å². The molecule has 0 spiro atoms. The highest BCUT2D eigenvalue weighted by Crippen LogP contribution is 2.33. The van der Waals surface area contributed by atoms with Gasteiger partial charge in [-0.1, -0.05) is 304 Å². The summed E-state index contributed by atoms with van der Waals surface area (Å²) in [5.74, 6) is -0.274. The smallest absolute Gasteiger partial charge is 0.220 e. The van der Waals surface area contributed by atoms with E-state index < -0.39 is 124 Å². The van der Waals surface area contributed by atoms with Crippen LogP contribution in [-0.2, 0) is 33.2 Å². The molecule has 0 aliphatic carbocycles. The fourth-order valence-electron chi connectivity index (χ4n) is 13.3. The highest BCUT2D eigenvalue weighted by atomic mass is 16.8. The van der Waals surface area contributed by atoms with E-state index in [0.29, 0.717) is 6.42 Å². The highest BCUT2D eigenvalue weighted by molar-refractivity contribution is 5.76. The van der Waals surface area contributed by atoms with Crippen LogP contribution in [-0.4, -0.2) is 193 Å². The van der Waals surface area contributed by atoms with Gasteiger partial charge >= 0.3 is 0 Å². The SMILES string of the molecule is CC/C=C\C/C=C\C/C=C\C/C=C\C/C=C\C/C=C\CCCCCCCCCCCCCCCCCCC(=O)NC(COC1OC(CO)C(OC2OC(CO)C(OC3OC(CO)C(O)C(O)C3O)C(O)C2O)C(O)C1O)C(O)/C=C/CCCCCCCCCCCCCCCCCCCCC. The maximum atomic E-state index is 13.5. The van der Waals surface area contributed by atoms with Crippen molar-refractivity contribution in [1.29, 1.82) is 0 Å². The van der Waals surface area contributed by atoms with E-state index in [0.717, 1.165) is 83.5 Å². The van der Waals surface area contributed by atoms with Crippen molar-refractivity contribution in [1.82, 2.24) is 5.32 Å². The minimum Gasteiger partial charge on any atom is -0.394 e. The van der Waals surface area contributed by atoms with Gasteiger partial charge in [-0.2, -0.15) is 0 Å². The molecular weight excluding hydrogens is 1290 g/mol. The Bertz CT molecular complexity index is 2150. The van der Waals surface area contributed by atoms with Crippen LogP contribution >= 0.6 is 0 Å². The largest absolute Gasteiger partial charge is 0.394 e. The van der Waals surface area contributed by atoms with Crippen molar-refractivity contribution >= 4 is 5.91 Å². The third kappa shape index (κ3) is 42.2. The summed E-state index contributed by atoms with van der Waals surface area (Å²) in [6.07, 6.45) is 55.6. The van der Waals surface area contributed by atoms with E-state index in [1.54, 1.807) is 6.08 Å². The molecule has 17 atom stereocenters. The van der Waals surface area contributed by atoms with Crippen LogP contribution in [0.15, 0.2) is 85.1 Å². The van der Waals surface area contributed by atoms with Crippen LogP contribution in [0.25, 0.3) is 0 Å². The monoisotopic (exact) mass is 1430 g/mol. The molecule has 3 heterocycles. The second-order valence-corrected chi connectivity index (χ2v) is 28.5. The Morgan fingerprint density at radius 2 is 0.683 bits per heavy atom. The van der Waals surface area contributed by atoms with Gasteiger partial charge in [0, 0.05) is 6.42 Å². The van der Waals surface area contributed by atoms with Crippen molar-refractivity contribution in [3.05, 3.63) is 85.1 Å². The Labute approximate surface area is 610 Å². The molecule has 1 amide bonds. The number of aliphatic hydroxyl groups is 11. The first-order valence-electron chi connectivity index (χ1n) is 40.3. The predicted octanol–water partition coefficient (Wildman–Crippen LogP) is 13.4. The van der Waals surface area contributed by atoms with E-state index in [-0.39, 0.29) is 18.9 Å². The average molecular weight is 1430 g/mol. The van der Waals surface area contributed by atoms with Crippen molar-refractivity contribution in [3.8, 4) is 0 Å². The lowest BCUT2D eigenvalue weighted by Gasteiger charge is -2.48. The number of rotatable bonds is 63. The maximum Gasteiger partial charge on any atom is 0.220 e. The number of ether oxygens (including phenoxy) is 6. The summed E-state index contributed by atoms with van der Waals surface area (Å²) in [6.45, 7) is 1.65. The fourth-order valence-corrected chi connectivity index (χ4v) is 13.3. The molecule has 3 rings (SSSR count). The number of carbonyl (C=O) groups excluding carboxylic acids is 1. The number of carbonyl (C=O) groups is 1. The van der Waals surface area contributed by atoms with Crippen LogP contribution in [0.4, 0.5) is 0 Å². The van der Waals surface area contributed by atoms with Crippen molar-refractivity contribution in [2.45, 2.75) is 401 Å². The molecule has 12 N–H and O–H groups in total. The molecule has 17 unspecified atom stereocenters. The molecule has 0 aromatic carbocycles. The lowest BCUT2D eigenvalue weighted by Crippen LogP contribution is -2.66. The number of nitrogens with one attached hydrogen (secondary N) is 1. The third-order valence-corrected chi connectivity index (χ3v) is 19.7. The number of amides is 1. The van der Waals surface area contributed by atoms with E-state index in [4.69, 9.17) is 28.4 Å². The van der Waals surface area contributed by atoms with Crippen LogP contribution in [0.1, 0.15) is 296 Å². The molecule has 0 radical (unpaired) electrons. The Balaban J connectivity index is 1.35. The standard InChI is InChI=1S/C82H145NO18/c1-3-5-7-9-11-13-15-17-19-21-23-25-26-27-28-29-30-31-32-33-34-35-36-37-38-40-42-44-46-48-50-52-54-56-58-60-70(88)83-65(66(87)59-57-55-53-51-49-47-45-43-41-39-24-22-20-18-16-14-12-10-8-6-4-2)64-96-80-76(94)73(91)78(68(62-85)98-80)101-82-77(95)74(92)79(69(63-86)99-82)100-81-75(93)72(90)71(89)67(61-84)97-81/h5,7,11,13,17,19,23,25,27-28,30-31,57,59,65-69,71-82,84-87,89-95H,3-4,6,8-10,12,14-16,18,20-22,24,26,29,32-56,58,60-64H2,1-2H3,(H,83,88)/b7-5-,13-11-,19-17-,25-23-,28-27-,31-30-,59-57+. The summed E-state index contributed by atoms with van der Waals surface area (Å²) in [4.78, 5) is 13.5.